The first-order valence-electron chi connectivity index (χ1n) is 15.2. The van der Waals surface area contributed by atoms with Crippen molar-refractivity contribution in [1.29, 1.82) is 0 Å². The van der Waals surface area contributed by atoms with Crippen LogP contribution in [-0.4, -0.2) is 93.8 Å². The zero-order chi connectivity index (χ0) is 32.8. The van der Waals surface area contributed by atoms with E-state index < -0.39 is 0 Å². The summed E-state index contributed by atoms with van der Waals surface area (Å²) in [6.45, 7) is 9.86. The van der Waals surface area contributed by atoms with Crippen molar-refractivity contribution in [1.82, 2.24) is 9.80 Å². The Kier molecular flexibility index (Phi) is 10.1. The van der Waals surface area contributed by atoms with E-state index in [2.05, 4.69) is 23.3 Å². The van der Waals surface area contributed by atoms with E-state index in [1.54, 1.807) is 47.4 Å². The number of nitrogens with two attached hydrogens (primary N) is 1. The minimum Gasteiger partial charge on any atom is -0.493 e. The maximum absolute atomic E-state index is 13.4. The quantitative estimate of drug-likeness (QED) is 0.109. The summed E-state index contributed by atoms with van der Waals surface area (Å²) < 4.78 is 23.1. The van der Waals surface area contributed by atoms with Crippen molar-refractivity contribution in [2.45, 2.75) is 44.2 Å². The minimum absolute atomic E-state index is 0.0768. The fraction of sp³-hybridized carbons (Fsp3) is 0.412. The van der Waals surface area contributed by atoms with Crippen LogP contribution in [0.4, 0.5) is 11.4 Å². The van der Waals surface area contributed by atoms with Gasteiger partial charge in [-0.05, 0) is 44.2 Å². The molecule has 12 nitrogen and oxygen atoms in total. The van der Waals surface area contributed by atoms with Crippen molar-refractivity contribution in [2.24, 2.45) is 10.1 Å². The highest BCUT2D eigenvalue weighted by atomic mass is 16.6. The molecule has 12 heteroatoms. The summed E-state index contributed by atoms with van der Waals surface area (Å²) in [6.07, 6.45) is 7.09. The van der Waals surface area contributed by atoms with Crippen molar-refractivity contribution in [3.8, 4) is 23.0 Å². The number of nitrogen functional groups attached to an aromatic ring is 1. The Bertz CT molecular complexity index is 1570. The third-order valence-electron chi connectivity index (χ3n) is 8.21. The molecule has 0 saturated carbocycles. The van der Waals surface area contributed by atoms with Gasteiger partial charge >= 0.3 is 0 Å². The number of methoxy groups -OCH3 is 2. The van der Waals surface area contributed by atoms with Crippen LogP contribution in [0.2, 0.25) is 0 Å². The molecule has 2 N–H and O–H groups in total. The molecule has 0 radical (unpaired) electrons. The average molecular weight is 632 g/mol. The second-order valence-corrected chi connectivity index (χ2v) is 11.5. The van der Waals surface area contributed by atoms with Crippen LogP contribution in [0.5, 0.6) is 23.0 Å². The van der Waals surface area contributed by atoms with Gasteiger partial charge < -0.3 is 39.3 Å². The van der Waals surface area contributed by atoms with Gasteiger partial charge in [0.1, 0.15) is 7.11 Å². The van der Waals surface area contributed by atoms with Crippen LogP contribution in [0, 0.1) is 0 Å². The molecule has 3 heterocycles. The Labute approximate surface area is 269 Å². The van der Waals surface area contributed by atoms with Crippen molar-refractivity contribution >= 4 is 35.6 Å². The SMILES string of the molecule is C=C1C[C@H]2C=Nc3cc(OCCCCCOc4cc(N)c(C(=O)N5CC(=C)C[C@H]5/C=N/OC)cc4OC)c(OC)cc3C(=O)N2C1. The van der Waals surface area contributed by atoms with E-state index >= 15 is 0 Å². The topological polar surface area (TPSA) is 138 Å². The molecule has 244 valence electrons. The van der Waals surface area contributed by atoms with Crippen molar-refractivity contribution in [3.05, 3.63) is 59.7 Å². The summed E-state index contributed by atoms with van der Waals surface area (Å²) in [5, 5.41) is 3.83. The standard InChI is InChI=1S/C34H41N5O7/c1-21-11-23-17-36-28-16-32(30(43-4)14-26(28)34(41)38(23)19-21)46-10-8-6-7-9-45-31-15-27(35)25(13-29(31)42-3)33(40)39-20-22(2)12-24(39)18-37-44-5/h13-18,23-24H,1-2,6-12,19-20,35H2,3-5H3/b37-18+/t23-,24-/m0/s1. The molecule has 2 fully saturated rings. The van der Waals surface area contributed by atoms with E-state index in [0.29, 0.717) is 78.2 Å². The highest BCUT2D eigenvalue weighted by molar-refractivity contribution is 6.04. The van der Waals surface area contributed by atoms with Gasteiger partial charge in [0.15, 0.2) is 23.0 Å². The highest BCUT2D eigenvalue weighted by Crippen LogP contribution is 2.39. The summed E-state index contributed by atoms with van der Waals surface area (Å²) in [5.41, 5.74) is 9.93. The summed E-state index contributed by atoms with van der Waals surface area (Å²) in [7, 11) is 4.53. The lowest BCUT2D eigenvalue weighted by molar-refractivity contribution is 0.0767. The number of benzene rings is 2. The second-order valence-electron chi connectivity index (χ2n) is 11.5. The third kappa shape index (κ3) is 6.95. The molecule has 2 atom stereocenters. The number of fused-ring (bicyclic) bond motifs is 2. The molecule has 0 aromatic heterocycles. The van der Waals surface area contributed by atoms with Gasteiger partial charge in [0.25, 0.3) is 11.8 Å². The molecule has 0 aliphatic carbocycles. The molecule has 5 rings (SSSR count). The van der Waals surface area contributed by atoms with E-state index in [4.69, 9.17) is 29.5 Å². The van der Waals surface area contributed by atoms with E-state index in [1.165, 1.54) is 14.2 Å². The number of nitrogens with zero attached hydrogens (tertiary/aromatic N) is 4. The molecule has 2 aromatic rings. The Morgan fingerprint density at radius 1 is 0.957 bits per heavy atom. The number of hydrogen-bond donors (Lipinski definition) is 1. The number of anilines is 1. The van der Waals surface area contributed by atoms with Gasteiger partial charge in [-0.3, -0.25) is 14.6 Å². The predicted molar refractivity (Wildman–Crippen MR) is 176 cm³/mol. The maximum Gasteiger partial charge on any atom is 0.257 e. The highest BCUT2D eigenvalue weighted by Gasteiger charge is 2.35. The van der Waals surface area contributed by atoms with Crippen LogP contribution in [0.15, 0.2) is 58.7 Å². The molecular weight excluding hydrogens is 590 g/mol. The fourth-order valence-corrected chi connectivity index (χ4v) is 5.85. The molecule has 2 amide bonds. The van der Waals surface area contributed by atoms with E-state index in [1.807, 2.05) is 6.21 Å². The number of aliphatic imine (C=N–C) groups is 1. The van der Waals surface area contributed by atoms with Crippen molar-refractivity contribution < 1.29 is 33.4 Å². The number of ether oxygens (including phenoxy) is 4. The first-order valence-corrected chi connectivity index (χ1v) is 15.2. The Morgan fingerprint density at radius 3 is 2.33 bits per heavy atom. The molecule has 0 unspecified atom stereocenters. The third-order valence-corrected chi connectivity index (χ3v) is 8.21. The van der Waals surface area contributed by atoms with Gasteiger partial charge in [0.05, 0.1) is 62.5 Å². The summed E-state index contributed by atoms with van der Waals surface area (Å²) in [6, 6.07) is 6.36. The maximum atomic E-state index is 13.4. The predicted octanol–water partition coefficient (Wildman–Crippen LogP) is 4.80. The number of rotatable bonds is 13. The van der Waals surface area contributed by atoms with Gasteiger partial charge in [-0.25, -0.2) is 0 Å². The molecule has 46 heavy (non-hydrogen) atoms. The van der Waals surface area contributed by atoms with Crippen molar-refractivity contribution in [3.63, 3.8) is 0 Å². The summed E-state index contributed by atoms with van der Waals surface area (Å²) in [4.78, 5) is 39.4. The van der Waals surface area contributed by atoms with E-state index in [-0.39, 0.29) is 23.9 Å². The first kappa shape index (κ1) is 32.4. The van der Waals surface area contributed by atoms with Gasteiger partial charge in [-0.1, -0.05) is 29.5 Å². The lowest BCUT2D eigenvalue weighted by Gasteiger charge is -2.22. The minimum atomic E-state index is -0.264. The lowest BCUT2D eigenvalue weighted by Crippen LogP contribution is -2.37. The lowest BCUT2D eigenvalue weighted by atomic mass is 10.1. The molecule has 0 spiro atoms. The van der Waals surface area contributed by atoms with Gasteiger partial charge in [-0.15, -0.1) is 0 Å². The molecule has 2 aromatic carbocycles. The zero-order valence-electron chi connectivity index (χ0n) is 26.6. The largest absolute Gasteiger partial charge is 0.493 e. The van der Waals surface area contributed by atoms with Crippen LogP contribution < -0.4 is 24.7 Å². The van der Waals surface area contributed by atoms with Crippen LogP contribution in [-0.2, 0) is 4.84 Å². The van der Waals surface area contributed by atoms with Crippen molar-refractivity contribution in [2.75, 3.05) is 53.4 Å². The monoisotopic (exact) mass is 631 g/mol. The van der Waals surface area contributed by atoms with Gasteiger partial charge in [0.2, 0.25) is 0 Å². The Hall–Kier alpha value is -5.00. The fourth-order valence-electron chi connectivity index (χ4n) is 5.85. The van der Waals surface area contributed by atoms with E-state index in [9.17, 15) is 9.59 Å². The van der Waals surface area contributed by atoms with Gasteiger partial charge in [-0.2, -0.15) is 0 Å². The number of oxime groups is 1. The molecule has 0 bridgehead atoms. The molecule has 2 saturated heterocycles. The number of carbonyl (C=O) groups excluding carboxylic acids is 2. The summed E-state index contributed by atoms with van der Waals surface area (Å²) in [5.74, 6) is 1.58. The Morgan fingerprint density at radius 2 is 1.63 bits per heavy atom. The number of hydrogen-bond acceptors (Lipinski definition) is 10. The number of amides is 2. The van der Waals surface area contributed by atoms with Crippen LogP contribution in [0.1, 0.15) is 52.8 Å². The zero-order valence-corrected chi connectivity index (χ0v) is 26.6. The Balaban J connectivity index is 1.12. The van der Waals surface area contributed by atoms with Crippen LogP contribution in [0.25, 0.3) is 0 Å². The summed E-state index contributed by atoms with van der Waals surface area (Å²) >= 11 is 0. The first-order chi connectivity index (χ1) is 22.2. The molecular formula is C34H41N5O7. The van der Waals surface area contributed by atoms with Gasteiger partial charge in [0, 0.05) is 37.1 Å². The van der Waals surface area contributed by atoms with Crippen LogP contribution >= 0.6 is 0 Å². The number of carbonyl (C=O) groups is 2. The number of likely N-dealkylation sites (tertiary alicyclic amines) is 1. The van der Waals surface area contributed by atoms with Crippen LogP contribution in [0.3, 0.4) is 0 Å². The molecule has 3 aliphatic rings. The second kappa shape index (κ2) is 14.4. The molecule has 3 aliphatic heterocycles. The average Bonchev–Trinajstić information content (AvgIpc) is 3.59. The smallest absolute Gasteiger partial charge is 0.257 e. The number of unbranched alkanes of at least 4 members (excludes halogenated alkanes) is 2. The normalized spacial score (nSPS) is 18.9. The van der Waals surface area contributed by atoms with E-state index in [0.717, 1.165) is 36.8 Å².